The van der Waals surface area contributed by atoms with Gasteiger partial charge in [0.05, 0.1) is 12.7 Å². The third kappa shape index (κ3) is 2.53. The Morgan fingerprint density at radius 3 is 2.81 bits per heavy atom. The molecule has 2 fully saturated rings. The monoisotopic (exact) mass is 294 g/mol. The highest BCUT2D eigenvalue weighted by molar-refractivity contribution is 5.99. The molecule has 0 aromatic rings. The fourth-order valence-electron chi connectivity index (χ4n) is 3.51. The van der Waals surface area contributed by atoms with E-state index in [4.69, 9.17) is 14.2 Å². The van der Waals surface area contributed by atoms with Crippen molar-refractivity contribution in [1.82, 2.24) is 0 Å². The summed E-state index contributed by atoms with van der Waals surface area (Å²) in [7, 11) is 0. The number of esters is 2. The second-order valence-electron chi connectivity index (χ2n) is 6.11. The molecule has 5 heteroatoms. The van der Waals surface area contributed by atoms with Crippen LogP contribution in [0.2, 0.25) is 0 Å². The minimum Gasteiger partial charge on any atom is -0.393 e. The second kappa shape index (κ2) is 5.89. The molecule has 5 nitrogen and oxygen atoms in total. The van der Waals surface area contributed by atoms with Gasteiger partial charge in [0.25, 0.3) is 0 Å². The first-order chi connectivity index (χ1) is 10.2. The average Bonchev–Trinajstić information content (AvgIpc) is 3.10. The van der Waals surface area contributed by atoms with Crippen molar-refractivity contribution in [1.29, 1.82) is 0 Å². The largest absolute Gasteiger partial charge is 0.393 e. The zero-order chi connectivity index (χ0) is 14.9. The lowest BCUT2D eigenvalue weighted by atomic mass is 9.77. The highest BCUT2D eigenvalue weighted by atomic mass is 16.6. The van der Waals surface area contributed by atoms with Crippen LogP contribution in [0.25, 0.3) is 0 Å². The maximum Gasteiger partial charge on any atom is 0.320 e. The number of cyclic esters (lactones) is 2. The summed E-state index contributed by atoms with van der Waals surface area (Å²) in [4.78, 5) is 23.5. The Hall–Kier alpha value is -1.20. The second-order valence-corrected chi connectivity index (χ2v) is 6.11. The maximum absolute atomic E-state index is 11.9. The van der Waals surface area contributed by atoms with Crippen LogP contribution in [0.3, 0.4) is 0 Å². The first-order valence-corrected chi connectivity index (χ1v) is 7.88. The fourth-order valence-corrected chi connectivity index (χ4v) is 3.51. The van der Waals surface area contributed by atoms with Gasteiger partial charge < -0.3 is 14.2 Å². The Morgan fingerprint density at radius 2 is 2.00 bits per heavy atom. The van der Waals surface area contributed by atoms with Crippen LogP contribution in [0.15, 0.2) is 12.2 Å². The Balaban J connectivity index is 1.50. The molecule has 3 heterocycles. The van der Waals surface area contributed by atoms with Crippen molar-refractivity contribution in [3.05, 3.63) is 12.2 Å². The highest BCUT2D eigenvalue weighted by Gasteiger charge is 2.67. The van der Waals surface area contributed by atoms with Crippen molar-refractivity contribution in [2.45, 2.75) is 50.7 Å². The lowest BCUT2D eigenvalue weighted by Crippen LogP contribution is -2.42. The summed E-state index contributed by atoms with van der Waals surface area (Å²) < 4.78 is 16.3. The van der Waals surface area contributed by atoms with Gasteiger partial charge in [-0.05, 0) is 6.42 Å². The van der Waals surface area contributed by atoms with E-state index in [1.807, 2.05) is 12.2 Å². The van der Waals surface area contributed by atoms with Gasteiger partial charge in [-0.25, -0.2) is 0 Å². The molecule has 0 aromatic heterocycles. The summed E-state index contributed by atoms with van der Waals surface area (Å²) in [5.41, 5.74) is -0.790. The first-order valence-electron chi connectivity index (χ1n) is 7.88. The smallest absolute Gasteiger partial charge is 0.320 e. The molecular weight excluding hydrogens is 272 g/mol. The Kier molecular flexibility index (Phi) is 4.13. The molecule has 2 bridgehead atoms. The molecule has 0 saturated carbocycles. The molecule has 0 N–H and O–H groups in total. The van der Waals surface area contributed by atoms with Crippen molar-refractivity contribution in [3.63, 3.8) is 0 Å². The predicted molar refractivity (Wildman–Crippen MR) is 74.4 cm³/mol. The minimum absolute atomic E-state index is 0.317. The van der Waals surface area contributed by atoms with Gasteiger partial charge >= 0.3 is 11.9 Å². The molecule has 3 aliphatic rings. The van der Waals surface area contributed by atoms with Gasteiger partial charge in [-0.1, -0.05) is 44.8 Å². The van der Waals surface area contributed by atoms with Crippen LogP contribution in [0.5, 0.6) is 0 Å². The van der Waals surface area contributed by atoms with E-state index in [0.717, 1.165) is 12.8 Å². The quantitative estimate of drug-likeness (QED) is 0.296. The molecule has 0 aromatic carbocycles. The van der Waals surface area contributed by atoms with E-state index in [-0.39, 0.29) is 6.10 Å². The Labute approximate surface area is 124 Å². The van der Waals surface area contributed by atoms with Crippen molar-refractivity contribution >= 4 is 11.9 Å². The van der Waals surface area contributed by atoms with E-state index < -0.39 is 29.4 Å². The molecule has 0 amide bonds. The van der Waals surface area contributed by atoms with Crippen molar-refractivity contribution in [2.75, 3.05) is 13.2 Å². The van der Waals surface area contributed by atoms with Crippen LogP contribution < -0.4 is 0 Å². The molecule has 116 valence electrons. The van der Waals surface area contributed by atoms with Gasteiger partial charge in [-0.3, -0.25) is 9.59 Å². The third-order valence-corrected chi connectivity index (χ3v) is 4.61. The van der Waals surface area contributed by atoms with Crippen LogP contribution in [-0.2, 0) is 23.8 Å². The number of carbonyl (C=O) groups is 2. The lowest BCUT2D eigenvalue weighted by molar-refractivity contribution is -0.159. The normalized spacial score (nSPS) is 36.3. The Bertz CT molecular complexity index is 458. The third-order valence-electron chi connectivity index (χ3n) is 4.61. The number of hydrogen-bond acceptors (Lipinski definition) is 5. The zero-order valence-corrected chi connectivity index (χ0v) is 12.4. The number of rotatable bonds is 8. The standard InChI is InChI=1S/C16H22O5/c1-2-3-4-5-6-9-19-10-16-8-7-11(21-16)12-13(16)15(18)20-14(12)17/h7-8,11-13H,2-6,9-10H2,1H3. The van der Waals surface area contributed by atoms with E-state index in [1.54, 1.807) is 0 Å². The van der Waals surface area contributed by atoms with Gasteiger partial charge in [0, 0.05) is 6.61 Å². The van der Waals surface area contributed by atoms with E-state index in [9.17, 15) is 9.59 Å². The predicted octanol–water partition coefficient (Wildman–Crippen LogP) is 2.00. The molecule has 21 heavy (non-hydrogen) atoms. The van der Waals surface area contributed by atoms with Gasteiger partial charge in [0.15, 0.2) is 0 Å². The number of unbranched alkanes of at least 4 members (excludes halogenated alkanes) is 4. The number of ether oxygens (including phenoxy) is 3. The van der Waals surface area contributed by atoms with Crippen LogP contribution in [0.1, 0.15) is 39.0 Å². The van der Waals surface area contributed by atoms with E-state index >= 15 is 0 Å². The molecule has 0 radical (unpaired) electrons. The summed E-state index contributed by atoms with van der Waals surface area (Å²) in [6.07, 6.45) is 9.28. The molecule has 2 saturated heterocycles. The maximum atomic E-state index is 11.9. The summed E-state index contributed by atoms with van der Waals surface area (Å²) in [5.74, 6) is -1.93. The fraction of sp³-hybridized carbons (Fsp3) is 0.750. The molecule has 4 atom stereocenters. The molecule has 0 spiro atoms. The van der Waals surface area contributed by atoms with E-state index in [2.05, 4.69) is 6.92 Å². The van der Waals surface area contributed by atoms with Crippen molar-refractivity contribution in [3.8, 4) is 0 Å². The number of fused-ring (bicyclic) bond motifs is 5. The summed E-state index contributed by atoms with van der Waals surface area (Å²) >= 11 is 0. The average molecular weight is 294 g/mol. The van der Waals surface area contributed by atoms with Crippen LogP contribution >= 0.6 is 0 Å². The number of hydrogen-bond donors (Lipinski definition) is 0. The van der Waals surface area contributed by atoms with Gasteiger partial charge in [0.2, 0.25) is 0 Å². The number of carbonyl (C=O) groups excluding carboxylic acids is 2. The van der Waals surface area contributed by atoms with E-state index in [0.29, 0.717) is 13.2 Å². The summed E-state index contributed by atoms with van der Waals surface area (Å²) in [6.45, 7) is 3.17. The molecule has 3 aliphatic heterocycles. The highest BCUT2D eigenvalue weighted by Crippen LogP contribution is 2.51. The van der Waals surface area contributed by atoms with Crippen molar-refractivity contribution < 1.29 is 23.8 Å². The molecule has 0 aliphatic carbocycles. The van der Waals surface area contributed by atoms with E-state index in [1.165, 1.54) is 19.3 Å². The molecule has 3 rings (SSSR count). The first kappa shape index (κ1) is 14.7. The van der Waals surface area contributed by atoms with Crippen LogP contribution in [0.4, 0.5) is 0 Å². The van der Waals surface area contributed by atoms with Gasteiger partial charge in [0.1, 0.15) is 17.4 Å². The molecule has 4 unspecified atom stereocenters. The minimum atomic E-state index is -0.790. The van der Waals surface area contributed by atoms with Gasteiger partial charge in [-0.15, -0.1) is 0 Å². The lowest BCUT2D eigenvalue weighted by Gasteiger charge is -2.26. The summed E-state index contributed by atoms with van der Waals surface area (Å²) in [5, 5.41) is 0. The van der Waals surface area contributed by atoms with Crippen molar-refractivity contribution in [2.24, 2.45) is 11.8 Å². The topological polar surface area (TPSA) is 61.8 Å². The Morgan fingerprint density at radius 1 is 1.19 bits per heavy atom. The zero-order valence-electron chi connectivity index (χ0n) is 12.4. The van der Waals surface area contributed by atoms with Gasteiger partial charge in [-0.2, -0.15) is 0 Å². The van der Waals surface area contributed by atoms with Crippen LogP contribution in [0, 0.1) is 11.8 Å². The van der Waals surface area contributed by atoms with Crippen LogP contribution in [-0.4, -0.2) is 36.9 Å². The SMILES string of the molecule is CCCCCCCOCC12C=CC(O1)C1C(=O)OC(=O)C12. The molecular formula is C16H22O5. The summed E-state index contributed by atoms with van der Waals surface area (Å²) in [6, 6.07) is 0.